The zero-order valence-corrected chi connectivity index (χ0v) is 45.6. The second kappa shape index (κ2) is 22.4. The second-order valence-electron chi connectivity index (χ2n) is 26.1. The Kier molecular flexibility index (Phi) is 17.5. The van der Waals surface area contributed by atoms with Gasteiger partial charge in [-0.15, -0.1) is 0 Å². The Labute approximate surface area is 457 Å². The molecular weight excluding hydrogens is 1050 g/mol. The van der Waals surface area contributed by atoms with Crippen LogP contribution in [0.25, 0.3) is 0 Å². The van der Waals surface area contributed by atoms with Crippen LogP contribution in [0.4, 0.5) is 0 Å². The highest BCUT2D eigenvalue weighted by Crippen LogP contribution is 2.76. The van der Waals surface area contributed by atoms with Crippen molar-refractivity contribution in [2.75, 3.05) is 26.4 Å². The summed E-state index contributed by atoms with van der Waals surface area (Å²) in [6, 6.07) is 0. The number of aliphatic hydroxyl groups excluding tert-OH is 15. The summed E-state index contributed by atoms with van der Waals surface area (Å²) in [5, 5.41) is 161. The molecule has 0 aromatic heterocycles. The van der Waals surface area contributed by atoms with Gasteiger partial charge in [0.05, 0.1) is 49.5 Å². The Morgan fingerprint density at radius 1 is 0.557 bits per heavy atom. The highest BCUT2D eigenvalue weighted by atomic mass is 16.8. The maximum atomic E-state index is 15.3. The molecule has 79 heavy (non-hydrogen) atoms. The number of rotatable bonds is 13. The van der Waals surface area contributed by atoms with E-state index >= 15 is 4.79 Å². The van der Waals surface area contributed by atoms with Crippen LogP contribution in [0.3, 0.4) is 0 Å². The molecule has 0 amide bonds. The van der Waals surface area contributed by atoms with E-state index in [1.54, 1.807) is 6.92 Å². The van der Waals surface area contributed by atoms with E-state index in [0.717, 1.165) is 11.9 Å². The summed E-state index contributed by atoms with van der Waals surface area (Å²) in [4.78, 5) is 29.2. The van der Waals surface area contributed by atoms with Crippen LogP contribution >= 0.6 is 0 Å². The SMILES string of the molecule is CC1(C)CCC2(C(=O)OC3OC(CO)C(O)C(O)C3OC3OC(CO)C(O)C(O)C3O)CCC3(C)C(=CCC4C5(C)CC(O)C(OC6OC(CO)C(O)C(O)C6OC6OC(CO)C(O)C(O)C6O)C(C)(C=O)C5CCC43C)C2C1. The summed E-state index contributed by atoms with van der Waals surface area (Å²) in [7, 11) is 0. The number of hydrogen-bond acceptors (Lipinski definition) is 25. The van der Waals surface area contributed by atoms with Gasteiger partial charge in [0.15, 0.2) is 25.0 Å². The van der Waals surface area contributed by atoms with Crippen molar-refractivity contribution in [1.82, 2.24) is 0 Å². The van der Waals surface area contributed by atoms with E-state index in [9.17, 15) is 81.4 Å². The van der Waals surface area contributed by atoms with Gasteiger partial charge in [-0.25, -0.2) is 0 Å². The minimum Gasteiger partial charge on any atom is -0.432 e. The lowest BCUT2D eigenvalue weighted by molar-refractivity contribution is -0.381. The summed E-state index contributed by atoms with van der Waals surface area (Å²) in [6.45, 7) is 9.37. The van der Waals surface area contributed by atoms with Crippen molar-refractivity contribution >= 4 is 12.3 Å². The molecule has 0 aromatic carbocycles. The first kappa shape index (κ1) is 61.6. The third-order valence-corrected chi connectivity index (χ3v) is 21.4. The first-order valence-electron chi connectivity index (χ1n) is 27.9. The van der Waals surface area contributed by atoms with Gasteiger partial charge in [-0.05, 0) is 97.2 Å². The van der Waals surface area contributed by atoms with Gasteiger partial charge in [0.25, 0.3) is 0 Å². The number of fused-ring (bicyclic) bond motifs is 7. The molecule has 25 nitrogen and oxygen atoms in total. The number of carbonyl (C=O) groups is 2. The van der Waals surface area contributed by atoms with Crippen molar-refractivity contribution in [3.63, 3.8) is 0 Å². The van der Waals surface area contributed by atoms with Gasteiger partial charge in [0.1, 0.15) is 97.8 Å². The third-order valence-electron chi connectivity index (χ3n) is 21.4. The first-order valence-corrected chi connectivity index (χ1v) is 27.9. The normalized spacial score (nSPS) is 54.5. The number of allylic oxidation sites excluding steroid dienone is 2. The minimum atomic E-state index is -1.92. The van der Waals surface area contributed by atoms with Gasteiger partial charge in [-0.2, -0.15) is 0 Å². The topological polar surface area (TPSA) is 411 Å². The van der Waals surface area contributed by atoms with Gasteiger partial charge >= 0.3 is 5.97 Å². The lowest BCUT2D eigenvalue weighted by atomic mass is 9.33. The summed E-state index contributed by atoms with van der Waals surface area (Å²) < 4.78 is 47.7. The Balaban J connectivity index is 0.991. The quantitative estimate of drug-likeness (QED) is 0.0363. The van der Waals surface area contributed by atoms with Crippen LogP contribution in [0.15, 0.2) is 11.6 Å². The molecule has 9 rings (SSSR count). The average Bonchev–Trinajstić information content (AvgIpc) is 2.79. The molecule has 0 radical (unpaired) electrons. The van der Waals surface area contributed by atoms with Crippen LogP contribution in [0, 0.1) is 50.2 Å². The van der Waals surface area contributed by atoms with E-state index in [1.807, 2.05) is 0 Å². The van der Waals surface area contributed by atoms with Crippen molar-refractivity contribution in [3.8, 4) is 0 Å². The van der Waals surface area contributed by atoms with Crippen LogP contribution in [-0.4, -0.2) is 250 Å². The van der Waals surface area contributed by atoms with Gasteiger partial charge < -0.3 is 119 Å². The smallest absolute Gasteiger partial charge is 0.315 e. The van der Waals surface area contributed by atoms with Crippen molar-refractivity contribution in [2.24, 2.45) is 50.2 Å². The molecule has 0 aromatic rings. The van der Waals surface area contributed by atoms with Gasteiger partial charge in [-0.1, -0.05) is 53.2 Å². The second-order valence-corrected chi connectivity index (χ2v) is 26.1. The largest absolute Gasteiger partial charge is 0.432 e. The molecule has 25 heteroatoms. The van der Waals surface area contributed by atoms with Crippen LogP contribution in [0.1, 0.15) is 99.3 Å². The zero-order chi connectivity index (χ0) is 57.9. The molecule has 9 aliphatic rings. The Bertz CT molecular complexity index is 2200. The molecule has 0 spiro atoms. The Morgan fingerprint density at radius 3 is 1.53 bits per heavy atom. The highest BCUT2D eigenvalue weighted by Gasteiger charge is 2.72. The molecule has 4 saturated heterocycles. The number of hydrogen-bond donors (Lipinski definition) is 15. The molecule has 15 N–H and O–H groups in total. The van der Waals surface area contributed by atoms with Gasteiger partial charge in [0.2, 0.25) is 6.29 Å². The predicted molar refractivity (Wildman–Crippen MR) is 265 cm³/mol. The highest BCUT2D eigenvalue weighted by molar-refractivity contribution is 5.79. The molecule has 4 heterocycles. The fourth-order valence-corrected chi connectivity index (χ4v) is 16.5. The molecule has 4 aliphatic heterocycles. The van der Waals surface area contributed by atoms with E-state index in [-0.39, 0.29) is 23.7 Å². The van der Waals surface area contributed by atoms with Crippen molar-refractivity contribution in [2.45, 2.75) is 234 Å². The number of esters is 1. The third kappa shape index (κ3) is 9.90. The maximum Gasteiger partial charge on any atom is 0.315 e. The number of ether oxygens (including phenoxy) is 8. The lowest BCUT2D eigenvalue weighted by Gasteiger charge is -2.71. The van der Waals surface area contributed by atoms with E-state index < -0.39 is 200 Å². The lowest BCUT2D eigenvalue weighted by Crippen LogP contribution is -2.70. The standard InChI is InChI=1S/C54H86O25/c1-49(2)11-13-54(48(71)79-47-42(38(68)34(64)28(20-58)75-47)77-45-40(70)36(66)32(62)26(18-56)73-45)14-12-52(5)22(23(54)15-49)7-8-30-50(3)16-24(60)43(51(4,21-59)29(50)9-10-53(30,52)6)78-46-41(37(67)33(63)27(19-57)74-46)76-44-39(69)35(65)31(61)25(17-55)72-44/h7,21,23-47,55-58,60-70H,8-20H2,1-6H3. The molecule has 30 atom stereocenters. The summed E-state index contributed by atoms with van der Waals surface area (Å²) in [5.41, 5.74) is -3.55. The fourth-order valence-electron chi connectivity index (χ4n) is 16.5. The first-order chi connectivity index (χ1) is 37.1. The van der Waals surface area contributed by atoms with Crippen molar-refractivity contribution < 1.29 is 124 Å². The van der Waals surface area contributed by atoms with E-state index in [0.29, 0.717) is 51.4 Å². The van der Waals surface area contributed by atoms with Crippen LogP contribution in [0.2, 0.25) is 0 Å². The fraction of sp³-hybridized carbons (Fsp3) is 0.926. The average molecular weight is 1140 g/mol. The molecule has 5 aliphatic carbocycles. The Hall–Kier alpha value is -2.00. The monoisotopic (exact) mass is 1130 g/mol. The molecule has 30 unspecified atom stereocenters. The van der Waals surface area contributed by atoms with E-state index in [4.69, 9.17) is 37.9 Å². The Morgan fingerprint density at radius 2 is 1.03 bits per heavy atom. The van der Waals surface area contributed by atoms with E-state index in [1.165, 1.54) is 0 Å². The van der Waals surface area contributed by atoms with Gasteiger partial charge in [0, 0.05) is 0 Å². The summed E-state index contributed by atoms with van der Waals surface area (Å²) >= 11 is 0. The summed E-state index contributed by atoms with van der Waals surface area (Å²) in [5.74, 6) is -1.65. The van der Waals surface area contributed by atoms with Crippen molar-refractivity contribution in [1.29, 1.82) is 0 Å². The molecular formula is C54H86O25. The number of aldehydes is 1. The van der Waals surface area contributed by atoms with E-state index in [2.05, 4.69) is 40.7 Å². The molecule has 4 saturated carbocycles. The molecule has 8 fully saturated rings. The van der Waals surface area contributed by atoms with Crippen LogP contribution < -0.4 is 0 Å². The predicted octanol–water partition coefficient (Wildman–Crippen LogP) is -3.89. The van der Waals surface area contributed by atoms with Crippen LogP contribution in [0.5, 0.6) is 0 Å². The zero-order valence-electron chi connectivity index (χ0n) is 45.6. The number of aliphatic hydroxyl groups is 15. The molecule has 0 bridgehead atoms. The minimum absolute atomic E-state index is 0.126. The van der Waals surface area contributed by atoms with Crippen molar-refractivity contribution in [3.05, 3.63) is 11.6 Å². The van der Waals surface area contributed by atoms with Gasteiger partial charge in [-0.3, -0.25) is 4.79 Å². The molecule has 452 valence electrons. The maximum absolute atomic E-state index is 15.3. The summed E-state index contributed by atoms with van der Waals surface area (Å²) in [6.07, 6.45) is -30.2. The van der Waals surface area contributed by atoms with Crippen LogP contribution in [-0.2, 0) is 47.5 Å². The number of carbonyl (C=O) groups excluding carboxylic acids is 2.